The Bertz CT molecular complexity index is 472. The summed E-state index contributed by atoms with van der Waals surface area (Å²) in [4.78, 5) is 11.0. The zero-order valence-corrected chi connectivity index (χ0v) is 11.2. The van der Waals surface area contributed by atoms with E-state index in [1.807, 2.05) is 5.32 Å². The molecule has 1 aromatic rings. The number of carbonyl (C=O) groups is 1. The molecule has 0 radical (unpaired) electrons. The van der Waals surface area contributed by atoms with Crippen molar-refractivity contribution in [3.63, 3.8) is 0 Å². The molecular weight excluding hydrogens is 335 g/mol. The molecule has 4 nitrogen and oxygen atoms in total. The predicted molar refractivity (Wildman–Crippen MR) is 65.2 cm³/mol. The second kappa shape index (κ2) is 5.27. The van der Waals surface area contributed by atoms with Crippen molar-refractivity contribution >= 4 is 34.4 Å². The highest BCUT2D eigenvalue weighted by Gasteiger charge is 2.47. The molecule has 0 aromatic heterocycles. The molecule has 0 bridgehead atoms. The minimum atomic E-state index is -3.27. The van der Waals surface area contributed by atoms with Crippen LogP contribution in [0.3, 0.4) is 0 Å². The molecule has 1 fully saturated rings. The van der Waals surface area contributed by atoms with Gasteiger partial charge >= 0.3 is 12.0 Å². The number of halogens is 4. The summed E-state index contributed by atoms with van der Waals surface area (Å²) in [7, 11) is 0. The molecule has 1 aromatic carbocycles. The number of nitrogens with one attached hydrogen (secondary N) is 1. The fraction of sp³-hybridized carbons (Fsp3) is 0.300. The van der Waals surface area contributed by atoms with Crippen molar-refractivity contribution in [3.8, 4) is 5.75 Å². The van der Waals surface area contributed by atoms with Crippen molar-refractivity contribution in [1.82, 2.24) is 5.32 Å². The Balaban J connectivity index is 0.00000162. The first-order valence-electron chi connectivity index (χ1n) is 4.70. The van der Waals surface area contributed by atoms with E-state index in [2.05, 4.69) is 20.7 Å². The second-order valence-corrected chi connectivity index (χ2v) is 4.45. The fourth-order valence-electron chi connectivity index (χ4n) is 1.58. The van der Waals surface area contributed by atoms with Gasteiger partial charge in [0.1, 0.15) is 11.8 Å². The minimum absolute atomic E-state index is 0. The van der Waals surface area contributed by atoms with Gasteiger partial charge in [0, 0.05) is 5.56 Å². The number of benzene rings is 1. The van der Waals surface area contributed by atoms with Crippen molar-refractivity contribution in [2.75, 3.05) is 6.61 Å². The molecule has 18 heavy (non-hydrogen) atoms. The van der Waals surface area contributed by atoms with Gasteiger partial charge in [0.2, 0.25) is 0 Å². The van der Waals surface area contributed by atoms with Crippen LogP contribution in [0.2, 0.25) is 0 Å². The van der Waals surface area contributed by atoms with Crippen LogP contribution in [0.15, 0.2) is 22.7 Å². The number of hydrogen-bond donors (Lipinski definition) is 2. The van der Waals surface area contributed by atoms with E-state index in [0.29, 0.717) is 0 Å². The lowest BCUT2D eigenvalue weighted by atomic mass is 9.99. The number of ether oxygens (including phenoxy) is 1. The average Bonchev–Trinajstić information content (AvgIpc) is 2.26. The number of aromatic hydroxyl groups is 1. The van der Waals surface area contributed by atoms with Gasteiger partial charge in [0.15, 0.2) is 6.61 Å². The maximum atomic E-state index is 13.6. The van der Waals surface area contributed by atoms with E-state index < -0.39 is 24.7 Å². The minimum Gasteiger partial charge on any atom is -0.506 e. The molecular formula is C10H9BrClF2NO3. The summed E-state index contributed by atoms with van der Waals surface area (Å²) in [5.74, 6) is -3.59. The van der Waals surface area contributed by atoms with Gasteiger partial charge in [-0.25, -0.2) is 13.6 Å². The Labute approximate surface area is 116 Å². The number of cyclic esters (lactones) is 1. The number of alkyl carbamates (subject to hydrolysis) is 1. The highest BCUT2D eigenvalue weighted by Crippen LogP contribution is 2.40. The Morgan fingerprint density at radius 3 is 2.83 bits per heavy atom. The standard InChI is InChI=1S/C10H8BrF2NO3.ClH/c11-6-3-1-2-5(7(6)15)8-10(12,13)4-17-9(16)14-8;/h1-3,8,15H,4H2,(H,14,16);1H/t8-;/m0./s1. The van der Waals surface area contributed by atoms with Gasteiger partial charge in [-0.3, -0.25) is 0 Å². The maximum absolute atomic E-state index is 13.6. The van der Waals surface area contributed by atoms with E-state index in [1.165, 1.54) is 18.2 Å². The number of phenolic OH excluding ortho intramolecular Hbond substituents is 1. The van der Waals surface area contributed by atoms with Crippen LogP contribution in [0.25, 0.3) is 0 Å². The van der Waals surface area contributed by atoms with Gasteiger partial charge in [-0.15, -0.1) is 12.4 Å². The lowest BCUT2D eigenvalue weighted by Crippen LogP contribution is -2.49. The summed E-state index contributed by atoms with van der Waals surface area (Å²) < 4.78 is 31.7. The Morgan fingerprint density at radius 1 is 1.50 bits per heavy atom. The molecule has 2 N–H and O–H groups in total. The molecule has 0 unspecified atom stereocenters. The largest absolute Gasteiger partial charge is 0.506 e. The van der Waals surface area contributed by atoms with E-state index in [9.17, 15) is 18.7 Å². The third-order valence-corrected chi connectivity index (χ3v) is 3.05. The molecule has 1 heterocycles. The number of rotatable bonds is 1. The zero-order valence-electron chi connectivity index (χ0n) is 8.82. The number of alkyl halides is 2. The highest BCUT2D eigenvalue weighted by molar-refractivity contribution is 9.10. The molecule has 0 saturated carbocycles. The summed E-state index contributed by atoms with van der Waals surface area (Å²) in [5.41, 5.74) is -0.0546. The van der Waals surface area contributed by atoms with Crippen LogP contribution in [-0.2, 0) is 4.74 Å². The molecule has 1 aliphatic rings. The van der Waals surface area contributed by atoms with Gasteiger partial charge < -0.3 is 15.2 Å². The number of phenols is 1. The van der Waals surface area contributed by atoms with Crippen molar-refractivity contribution in [2.45, 2.75) is 12.0 Å². The van der Waals surface area contributed by atoms with Gasteiger partial charge in [-0.1, -0.05) is 12.1 Å². The topological polar surface area (TPSA) is 58.6 Å². The summed E-state index contributed by atoms with van der Waals surface area (Å²) in [6, 6.07) is 2.74. The van der Waals surface area contributed by atoms with E-state index in [1.54, 1.807) is 0 Å². The normalized spacial score (nSPS) is 21.5. The number of para-hydroxylation sites is 1. The molecule has 0 spiro atoms. The Hall–Kier alpha value is -1.08. The first-order valence-corrected chi connectivity index (χ1v) is 5.49. The summed E-state index contributed by atoms with van der Waals surface area (Å²) >= 11 is 3.03. The third-order valence-electron chi connectivity index (χ3n) is 2.41. The van der Waals surface area contributed by atoms with Gasteiger partial charge in [-0.05, 0) is 22.0 Å². The lowest BCUT2D eigenvalue weighted by Gasteiger charge is -2.32. The highest BCUT2D eigenvalue weighted by atomic mass is 79.9. The Morgan fingerprint density at radius 2 is 2.17 bits per heavy atom. The second-order valence-electron chi connectivity index (χ2n) is 3.59. The fourth-order valence-corrected chi connectivity index (χ4v) is 1.96. The van der Waals surface area contributed by atoms with Crippen molar-refractivity contribution in [3.05, 3.63) is 28.2 Å². The van der Waals surface area contributed by atoms with Crippen LogP contribution in [0.4, 0.5) is 13.6 Å². The van der Waals surface area contributed by atoms with E-state index in [0.717, 1.165) is 0 Å². The summed E-state index contributed by atoms with van der Waals surface area (Å²) in [6.07, 6.45) is -0.930. The van der Waals surface area contributed by atoms with Gasteiger partial charge in [0.05, 0.1) is 4.47 Å². The van der Waals surface area contributed by atoms with Crippen molar-refractivity contribution < 1.29 is 23.4 Å². The SMILES string of the molecule is Cl.O=C1N[C@@H](c2cccc(Br)c2O)C(F)(F)CO1. The number of amides is 1. The first-order chi connectivity index (χ1) is 7.92. The molecule has 1 saturated heterocycles. The van der Waals surface area contributed by atoms with E-state index >= 15 is 0 Å². The molecule has 1 aliphatic heterocycles. The van der Waals surface area contributed by atoms with Crippen LogP contribution < -0.4 is 5.32 Å². The zero-order chi connectivity index (χ0) is 12.6. The van der Waals surface area contributed by atoms with Crippen LogP contribution in [0, 0.1) is 0 Å². The van der Waals surface area contributed by atoms with Crippen LogP contribution in [0.5, 0.6) is 5.75 Å². The van der Waals surface area contributed by atoms with E-state index in [-0.39, 0.29) is 28.2 Å². The lowest BCUT2D eigenvalue weighted by molar-refractivity contribution is -0.104. The van der Waals surface area contributed by atoms with Gasteiger partial charge in [0.25, 0.3) is 0 Å². The van der Waals surface area contributed by atoms with Crippen molar-refractivity contribution in [1.29, 1.82) is 0 Å². The average molecular weight is 345 g/mol. The Kier molecular flexibility index (Phi) is 4.39. The first kappa shape index (κ1) is 15.0. The smallest absolute Gasteiger partial charge is 0.408 e. The maximum Gasteiger partial charge on any atom is 0.408 e. The monoisotopic (exact) mass is 343 g/mol. The van der Waals surface area contributed by atoms with Crippen LogP contribution in [-0.4, -0.2) is 23.7 Å². The molecule has 2 rings (SSSR count). The van der Waals surface area contributed by atoms with Gasteiger partial charge in [-0.2, -0.15) is 0 Å². The number of carbonyl (C=O) groups excluding carboxylic acids is 1. The predicted octanol–water partition coefficient (Wildman–Crippen LogP) is 2.99. The molecule has 8 heteroatoms. The van der Waals surface area contributed by atoms with Crippen molar-refractivity contribution in [2.24, 2.45) is 0 Å². The molecule has 100 valence electrons. The van der Waals surface area contributed by atoms with E-state index in [4.69, 9.17) is 0 Å². The van der Waals surface area contributed by atoms with Crippen LogP contribution in [0.1, 0.15) is 11.6 Å². The molecule has 0 aliphatic carbocycles. The molecule has 1 amide bonds. The summed E-state index contributed by atoms with van der Waals surface area (Å²) in [6.45, 7) is -1.00. The number of hydrogen-bond acceptors (Lipinski definition) is 3. The quantitative estimate of drug-likeness (QED) is 0.823. The molecule has 1 atom stereocenters. The summed E-state index contributed by atoms with van der Waals surface area (Å²) in [5, 5.41) is 11.7. The van der Waals surface area contributed by atoms with Crippen LogP contribution >= 0.6 is 28.3 Å². The third kappa shape index (κ3) is 2.67.